The lowest BCUT2D eigenvalue weighted by Gasteiger charge is -2.20. The van der Waals surface area contributed by atoms with Crippen molar-refractivity contribution in [2.24, 2.45) is 5.92 Å². The monoisotopic (exact) mass is 260 g/mol. The van der Waals surface area contributed by atoms with Gasteiger partial charge in [0.1, 0.15) is 0 Å². The smallest absolute Gasteiger partial charge is 0.251 e. The van der Waals surface area contributed by atoms with E-state index in [4.69, 9.17) is 0 Å². The summed E-state index contributed by atoms with van der Waals surface area (Å²) in [7, 11) is 1.65. The minimum absolute atomic E-state index is 0.0464. The first-order chi connectivity index (χ1) is 9.08. The molecule has 0 aliphatic carbocycles. The van der Waals surface area contributed by atoms with Gasteiger partial charge in [-0.15, -0.1) is 6.58 Å². The van der Waals surface area contributed by atoms with E-state index >= 15 is 0 Å². The Labute approximate surface area is 116 Å². The minimum Gasteiger partial charge on any atom is -0.355 e. The zero-order valence-corrected chi connectivity index (χ0v) is 12.1. The van der Waals surface area contributed by atoms with Crippen molar-refractivity contribution in [1.82, 2.24) is 10.6 Å². The van der Waals surface area contributed by atoms with Crippen molar-refractivity contribution in [2.45, 2.75) is 32.9 Å². The van der Waals surface area contributed by atoms with E-state index < -0.39 is 0 Å². The molecule has 0 fully saturated rings. The zero-order valence-electron chi connectivity index (χ0n) is 12.1. The second-order valence-electron chi connectivity index (χ2n) is 4.95. The SMILES string of the molecule is C=CC[C@@H](C)[C@H](C)NCc1cccc(C(=O)NC)c1. The van der Waals surface area contributed by atoms with Crippen LogP contribution in [0.25, 0.3) is 0 Å². The summed E-state index contributed by atoms with van der Waals surface area (Å²) >= 11 is 0. The van der Waals surface area contributed by atoms with Crippen molar-refractivity contribution in [3.05, 3.63) is 48.0 Å². The van der Waals surface area contributed by atoms with Crippen molar-refractivity contribution >= 4 is 5.91 Å². The lowest BCUT2D eigenvalue weighted by Crippen LogP contribution is -2.31. The van der Waals surface area contributed by atoms with Crippen molar-refractivity contribution in [1.29, 1.82) is 0 Å². The van der Waals surface area contributed by atoms with Crippen LogP contribution in [0.1, 0.15) is 36.2 Å². The van der Waals surface area contributed by atoms with Crippen LogP contribution in [0.3, 0.4) is 0 Å². The van der Waals surface area contributed by atoms with Crippen molar-refractivity contribution in [2.75, 3.05) is 7.05 Å². The number of nitrogens with one attached hydrogen (secondary N) is 2. The summed E-state index contributed by atoms with van der Waals surface area (Å²) in [4.78, 5) is 11.6. The quantitative estimate of drug-likeness (QED) is 0.740. The van der Waals surface area contributed by atoms with Gasteiger partial charge in [-0.25, -0.2) is 0 Å². The molecule has 0 bridgehead atoms. The number of allylic oxidation sites excluding steroid dienone is 1. The molecule has 0 aliphatic heterocycles. The molecule has 1 aromatic rings. The first kappa shape index (κ1) is 15.4. The van der Waals surface area contributed by atoms with Crippen LogP contribution >= 0.6 is 0 Å². The van der Waals surface area contributed by atoms with E-state index in [0.717, 1.165) is 18.5 Å². The largest absolute Gasteiger partial charge is 0.355 e. The highest BCUT2D eigenvalue weighted by Gasteiger charge is 2.10. The van der Waals surface area contributed by atoms with Gasteiger partial charge in [-0.3, -0.25) is 4.79 Å². The molecule has 19 heavy (non-hydrogen) atoms. The summed E-state index contributed by atoms with van der Waals surface area (Å²) in [5.74, 6) is 0.509. The third kappa shape index (κ3) is 4.87. The van der Waals surface area contributed by atoms with Gasteiger partial charge in [0.2, 0.25) is 0 Å². The highest BCUT2D eigenvalue weighted by atomic mass is 16.1. The number of hydrogen-bond donors (Lipinski definition) is 2. The van der Waals surface area contributed by atoms with Crippen LogP contribution in [0.15, 0.2) is 36.9 Å². The van der Waals surface area contributed by atoms with Gasteiger partial charge in [0.25, 0.3) is 5.91 Å². The van der Waals surface area contributed by atoms with Gasteiger partial charge in [-0.1, -0.05) is 25.1 Å². The van der Waals surface area contributed by atoms with Crippen LogP contribution in [0.4, 0.5) is 0 Å². The molecule has 0 heterocycles. The van der Waals surface area contributed by atoms with Gasteiger partial charge >= 0.3 is 0 Å². The van der Waals surface area contributed by atoms with Crippen molar-refractivity contribution in [3.8, 4) is 0 Å². The molecule has 0 saturated carbocycles. The Kier molecular flexibility index (Phi) is 6.30. The molecule has 0 unspecified atom stereocenters. The summed E-state index contributed by atoms with van der Waals surface area (Å²) < 4.78 is 0. The standard InChI is InChI=1S/C16H24N2O/c1-5-7-12(2)13(3)18-11-14-8-6-9-15(10-14)16(19)17-4/h5-6,8-10,12-13,18H,1,7,11H2,2-4H3,(H,17,19)/t12-,13+/m1/s1. The Bertz CT molecular complexity index is 429. The number of rotatable bonds is 7. The first-order valence-corrected chi connectivity index (χ1v) is 6.73. The van der Waals surface area contributed by atoms with Gasteiger partial charge in [-0.2, -0.15) is 0 Å². The lowest BCUT2D eigenvalue weighted by atomic mass is 9.99. The zero-order chi connectivity index (χ0) is 14.3. The molecule has 104 valence electrons. The van der Waals surface area contributed by atoms with Crippen LogP contribution in [0.2, 0.25) is 0 Å². The molecule has 2 atom stereocenters. The minimum atomic E-state index is -0.0464. The Balaban J connectivity index is 2.58. The van der Waals surface area contributed by atoms with E-state index in [2.05, 4.69) is 31.1 Å². The Morgan fingerprint density at radius 3 is 2.79 bits per heavy atom. The summed E-state index contributed by atoms with van der Waals surface area (Å²) in [6.45, 7) is 8.93. The topological polar surface area (TPSA) is 41.1 Å². The molecule has 1 rings (SSSR count). The van der Waals surface area contributed by atoms with Gasteiger partial charge in [0.05, 0.1) is 0 Å². The molecule has 2 N–H and O–H groups in total. The molecule has 0 saturated heterocycles. The van der Waals surface area contributed by atoms with E-state index in [0.29, 0.717) is 17.5 Å². The second kappa shape index (κ2) is 7.74. The molecular weight excluding hydrogens is 236 g/mol. The Morgan fingerprint density at radius 2 is 2.16 bits per heavy atom. The van der Waals surface area contributed by atoms with Crippen LogP contribution < -0.4 is 10.6 Å². The van der Waals surface area contributed by atoms with E-state index in [1.165, 1.54) is 0 Å². The van der Waals surface area contributed by atoms with Crippen LogP contribution in [0.5, 0.6) is 0 Å². The maximum Gasteiger partial charge on any atom is 0.251 e. The van der Waals surface area contributed by atoms with E-state index in [1.807, 2.05) is 30.3 Å². The van der Waals surface area contributed by atoms with Gasteiger partial charge in [-0.05, 0) is 37.0 Å². The van der Waals surface area contributed by atoms with Crippen molar-refractivity contribution < 1.29 is 4.79 Å². The van der Waals surface area contributed by atoms with E-state index in [1.54, 1.807) is 7.05 Å². The molecule has 0 radical (unpaired) electrons. The molecule has 0 aromatic heterocycles. The lowest BCUT2D eigenvalue weighted by molar-refractivity contribution is 0.0963. The van der Waals surface area contributed by atoms with Crippen LogP contribution in [-0.4, -0.2) is 19.0 Å². The second-order valence-corrected chi connectivity index (χ2v) is 4.95. The van der Waals surface area contributed by atoms with Crippen molar-refractivity contribution in [3.63, 3.8) is 0 Å². The van der Waals surface area contributed by atoms with Gasteiger partial charge in [0.15, 0.2) is 0 Å². The Hall–Kier alpha value is -1.61. The average Bonchev–Trinajstić information content (AvgIpc) is 2.44. The van der Waals surface area contributed by atoms with E-state index in [9.17, 15) is 4.79 Å². The molecule has 0 aliphatic rings. The molecule has 1 aromatic carbocycles. The van der Waals surface area contributed by atoms with Gasteiger partial charge in [0, 0.05) is 25.2 Å². The molecule has 3 nitrogen and oxygen atoms in total. The van der Waals surface area contributed by atoms with Gasteiger partial charge < -0.3 is 10.6 Å². The third-order valence-electron chi connectivity index (χ3n) is 3.44. The summed E-state index contributed by atoms with van der Waals surface area (Å²) in [5, 5.41) is 6.13. The fraction of sp³-hybridized carbons (Fsp3) is 0.438. The maximum absolute atomic E-state index is 11.6. The predicted molar refractivity (Wildman–Crippen MR) is 80.1 cm³/mol. The number of carbonyl (C=O) groups is 1. The fourth-order valence-corrected chi connectivity index (χ4v) is 1.91. The highest BCUT2D eigenvalue weighted by Crippen LogP contribution is 2.10. The predicted octanol–water partition coefficient (Wildman–Crippen LogP) is 2.74. The normalized spacial score (nSPS) is 13.6. The highest BCUT2D eigenvalue weighted by molar-refractivity contribution is 5.94. The molecule has 3 heteroatoms. The summed E-state index contributed by atoms with van der Waals surface area (Å²) in [6.07, 6.45) is 2.96. The molecule has 1 amide bonds. The number of amides is 1. The van der Waals surface area contributed by atoms with Crippen LogP contribution in [0, 0.1) is 5.92 Å². The number of benzene rings is 1. The first-order valence-electron chi connectivity index (χ1n) is 6.73. The summed E-state index contributed by atoms with van der Waals surface area (Å²) in [6, 6.07) is 8.12. The number of carbonyl (C=O) groups excluding carboxylic acids is 1. The fourth-order valence-electron chi connectivity index (χ4n) is 1.91. The molecule has 0 spiro atoms. The van der Waals surface area contributed by atoms with E-state index in [-0.39, 0.29) is 5.91 Å². The molecular formula is C16H24N2O. The third-order valence-corrected chi connectivity index (χ3v) is 3.44. The Morgan fingerprint density at radius 1 is 1.42 bits per heavy atom. The average molecular weight is 260 g/mol. The summed E-state index contributed by atoms with van der Waals surface area (Å²) in [5.41, 5.74) is 1.83. The number of hydrogen-bond acceptors (Lipinski definition) is 2. The van der Waals surface area contributed by atoms with Crippen LogP contribution in [-0.2, 0) is 6.54 Å². The maximum atomic E-state index is 11.6.